The molecule has 0 aromatic carbocycles. The molecule has 0 nitrogen and oxygen atoms in total. The molecule has 0 radical (unpaired) electrons. The van der Waals surface area contributed by atoms with Crippen LogP contribution in [0.3, 0.4) is 0 Å². The molecule has 0 aliphatic heterocycles. The van der Waals surface area contributed by atoms with Crippen LogP contribution in [0, 0.1) is 0 Å². The first kappa shape index (κ1) is 38.7. The van der Waals surface area contributed by atoms with Gasteiger partial charge in [0.2, 0.25) is 0 Å². The van der Waals surface area contributed by atoms with Crippen molar-refractivity contribution in [3.05, 3.63) is 36.0 Å². The smallest absolute Gasteiger partial charge is 0.0308 e. The van der Waals surface area contributed by atoms with Crippen molar-refractivity contribution in [2.45, 2.75) is 122 Å². The summed E-state index contributed by atoms with van der Waals surface area (Å²) in [5, 5.41) is 0. The van der Waals surface area contributed by atoms with Gasteiger partial charge in [0.25, 0.3) is 0 Å². The number of rotatable bonds is 5. The van der Waals surface area contributed by atoms with Crippen LogP contribution in [0.4, 0.5) is 0 Å². The van der Waals surface area contributed by atoms with Gasteiger partial charge in [0.15, 0.2) is 0 Å². The summed E-state index contributed by atoms with van der Waals surface area (Å²) in [6.07, 6.45) is 16.8. The van der Waals surface area contributed by atoms with E-state index < -0.39 is 0 Å². The molecule has 0 saturated heterocycles. The fourth-order valence-electron chi connectivity index (χ4n) is 0.780. The van der Waals surface area contributed by atoms with Crippen molar-refractivity contribution in [1.82, 2.24) is 0 Å². The van der Waals surface area contributed by atoms with E-state index in [1.165, 1.54) is 24.8 Å². The first-order valence-corrected chi connectivity index (χ1v) is 10.7. The van der Waals surface area contributed by atoms with Crippen LogP contribution >= 0.6 is 0 Å². The van der Waals surface area contributed by atoms with Gasteiger partial charge in [-0.2, -0.15) is 0 Å². The Morgan fingerprint density at radius 3 is 1.29 bits per heavy atom. The summed E-state index contributed by atoms with van der Waals surface area (Å²) in [5.74, 6) is 0. The van der Waals surface area contributed by atoms with Crippen LogP contribution in [0.25, 0.3) is 0 Å². The summed E-state index contributed by atoms with van der Waals surface area (Å²) in [6, 6.07) is 0. The van der Waals surface area contributed by atoms with Gasteiger partial charge in [-0.3, -0.25) is 0 Å². The van der Waals surface area contributed by atoms with Gasteiger partial charge in [0.1, 0.15) is 0 Å². The molecule has 150 valence electrons. The van der Waals surface area contributed by atoms with Gasteiger partial charge >= 0.3 is 0 Å². The highest BCUT2D eigenvalue weighted by Gasteiger charge is 1.82. The van der Waals surface area contributed by atoms with E-state index in [0.29, 0.717) is 0 Å². The normalized spacial score (nSPS) is 8.96. The SMILES string of the molecule is CC.CC.CC.CCC.CCCC.C\C=C/C=C(\C=C/CC)CC. The van der Waals surface area contributed by atoms with Crippen molar-refractivity contribution in [1.29, 1.82) is 0 Å². The van der Waals surface area contributed by atoms with E-state index in [2.05, 4.69) is 71.9 Å². The second-order valence-corrected chi connectivity index (χ2v) is 4.14. The van der Waals surface area contributed by atoms with Crippen LogP contribution in [-0.2, 0) is 0 Å². The molecule has 0 spiro atoms. The molecule has 0 aromatic heterocycles. The van der Waals surface area contributed by atoms with Crippen LogP contribution in [-0.4, -0.2) is 0 Å². The third-order valence-electron chi connectivity index (χ3n) is 1.98. The maximum atomic E-state index is 2.19. The molecule has 0 aliphatic carbocycles. The van der Waals surface area contributed by atoms with Crippen LogP contribution in [0.1, 0.15) is 122 Å². The second-order valence-electron chi connectivity index (χ2n) is 4.14. The molecule has 0 atom stereocenters. The number of unbranched alkanes of at least 4 members (excludes halogenated alkanes) is 1. The Kier molecular flexibility index (Phi) is 108. The minimum Gasteiger partial charge on any atom is -0.0877 e. The van der Waals surface area contributed by atoms with Gasteiger partial charge in [0.05, 0.1) is 0 Å². The average Bonchev–Trinajstić information content (AvgIpc) is 2.67. The quantitative estimate of drug-likeness (QED) is 0.436. The van der Waals surface area contributed by atoms with Crippen LogP contribution in [0.15, 0.2) is 36.0 Å². The molecule has 0 aromatic rings. The number of hydrogen-bond acceptors (Lipinski definition) is 0. The minimum atomic E-state index is 1.11. The Morgan fingerprint density at radius 1 is 0.708 bits per heavy atom. The maximum Gasteiger partial charge on any atom is -0.0308 e. The lowest BCUT2D eigenvalue weighted by Crippen LogP contribution is -1.72. The summed E-state index contributed by atoms with van der Waals surface area (Å²) in [7, 11) is 0. The van der Waals surface area contributed by atoms with E-state index in [-0.39, 0.29) is 0 Å². The lowest BCUT2D eigenvalue weighted by atomic mass is 10.1. The maximum absolute atomic E-state index is 2.19. The first-order chi connectivity index (χ1) is 11.7. The van der Waals surface area contributed by atoms with Gasteiger partial charge < -0.3 is 0 Å². The topological polar surface area (TPSA) is 0 Å². The van der Waals surface area contributed by atoms with Crippen molar-refractivity contribution < 1.29 is 0 Å². The molecule has 0 aliphatic rings. The molecule has 0 saturated carbocycles. The Morgan fingerprint density at radius 2 is 1.08 bits per heavy atom. The van der Waals surface area contributed by atoms with Gasteiger partial charge in [-0.1, -0.05) is 133 Å². The first-order valence-electron chi connectivity index (χ1n) is 10.7. The molecule has 0 rings (SSSR count). The lowest BCUT2D eigenvalue weighted by Gasteiger charge is -1.92. The zero-order valence-corrected chi connectivity index (χ0v) is 19.9. The Labute approximate surface area is 158 Å². The highest BCUT2D eigenvalue weighted by Crippen LogP contribution is 2.03. The van der Waals surface area contributed by atoms with Gasteiger partial charge in [-0.05, 0) is 25.3 Å². The molecule has 0 unspecified atom stereocenters. The van der Waals surface area contributed by atoms with Crippen molar-refractivity contribution in [2.75, 3.05) is 0 Å². The van der Waals surface area contributed by atoms with Crippen molar-refractivity contribution in [3.8, 4) is 0 Å². The monoisotopic (exact) mass is 342 g/mol. The molecule has 0 heteroatoms. The second kappa shape index (κ2) is 67.0. The summed E-state index contributed by atoms with van der Waals surface area (Å²) >= 11 is 0. The molecular weight excluding hydrogens is 288 g/mol. The minimum absolute atomic E-state index is 1.11. The fraction of sp³-hybridized carbons (Fsp3) is 0.750. The molecule has 0 fully saturated rings. The molecule has 24 heavy (non-hydrogen) atoms. The largest absolute Gasteiger partial charge is 0.0877 e. The molecule has 0 heterocycles. The number of hydrogen-bond donors (Lipinski definition) is 0. The Bertz CT molecular complexity index is 192. The summed E-state index contributed by atoms with van der Waals surface area (Å²) < 4.78 is 0. The zero-order chi connectivity index (χ0) is 20.6. The van der Waals surface area contributed by atoms with Crippen molar-refractivity contribution in [3.63, 3.8) is 0 Å². The Balaban J connectivity index is -0.0000000518. The predicted molar refractivity (Wildman–Crippen MR) is 123 cm³/mol. The van der Waals surface area contributed by atoms with Gasteiger partial charge in [-0.25, -0.2) is 0 Å². The van der Waals surface area contributed by atoms with Crippen LogP contribution in [0.5, 0.6) is 0 Å². The average molecular weight is 343 g/mol. The highest BCUT2D eigenvalue weighted by atomic mass is 13.9. The van der Waals surface area contributed by atoms with Crippen LogP contribution < -0.4 is 0 Å². The number of allylic oxidation sites excluding steroid dienone is 6. The van der Waals surface area contributed by atoms with Gasteiger partial charge in [0, 0.05) is 0 Å². The van der Waals surface area contributed by atoms with E-state index in [9.17, 15) is 0 Å². The van der Waals surface area contributed by atoms with Crippen molar-refractivity contribution >= 4 is 0 Å². The van der Waals surface area contributed by atoms with E-state index in [1.54, 1.807) is 0 Å². The van der Waals surface area contributed by atoms with Crippen molar-refractivity contribution in [2.24, 2.45) is 0 Å². The molecule has 0 N–H and O–H groups in total. The summed E-state index contributed by atoms with van der Waals surface area (Å²) in [6.45, 7) is 27.0. The zero-order valence-electron chi connectivity index (χ0n) is 19.9. The van der Waals surface area contributed by atoms with E-state index in [0.717, 1.165) is 12.8 Å². The van der Waals surface area contributed by atoms with E-state index in [1.807, 2.05) is 48.5 Å². The van der Waals surface area contributed by atoms with Crippen LogP contribution in [0.2, 0.25) is 0 Å². The third kappa shape index (κ3) is 83.1. The standard InChI is InChI=1S/C11H18.C4H10.C3H8.3C2H6/c1-4-7-9-11(6-3)10-8-5-2;1-3-4-2;1-3-2;3*1-2/h4,7-10H,5-6H2,1-3H3;3-4H2,1-2H3;3H2,1-2H3;3*1-2H3/b7-4-,10-8-,11-9-;;;;;. The highest BCUT2D eigenvalue weighted by molar-refractivity contribution is 5.22. The fourth-order valence-corrected chi connectivity index (χ4v) is 0.780. The lowest BCUT2D eigenvalue weighted by molar-refractivity contribution is 0.886. The molecular formula is C24H54. The Hall–Kier alpha value is -0.780. The summed E-state index contributed by atoms with van der Waals surface area (Å²) in [5.41, 5.74) is 1.39. The molecule has 0 bridgehead atoms. The summed E-state index contributed by atoms with van der Waals surface area (Å²) in [4.78, 5) is 0. The molecule has 0 amide bonds. The van der Waals surface area contributed by atoms with E-state index >= 15 is 0 Å². The third-order valence-corrected chi connectivity index (χ3v) is 1.98. The predicted octanol–water partition coefficient (Wildman–Crippen LogP) is 10.2. The van der Waals surface area contributed by atoms with Gasteiger partial charge in [-0.15, -0.1) is 0 Å². The van der Waals surface area contributed by atoms with E-state index in [4.69, 9.17) is 0 Å².